The molecule has 1 amide bonds. The first-order valence-corrected chi connectivity index (χ1v) is 13.5. The molecule has 2 aromatic carbocycles. The number of carbonyl (C=O) groups is 1. The zero-order valence-corrected chi connectivity index (χ0v) is 20.2. The Morgan fingerprint density at radius 1 is 1.16 bits per heavy atom. The van der Waals surface area contributed by atoms with E-state index in [-0.39, 0.29) is 5.91 Å². The van der Waals surface area contributed by atoms with Crippen LogP contribution in [0.1, 0.15) is 12.8 Å². The van der Waals surface area contributed by atoms with Gasteiger partial charge in [0, 0.05) is 34.3 Å². The van der Waals surface area contributed by atoms with Gasteiger partial charge >= 0.3 is 0 Å². The number of amides is 1. The third-order valence-electron chi connectivity index (χ3n) is 4.41. The van der Waals surface area contributed by atoms with Crippen LogP contribution in [0.4, 0.5) is 10.8 Å². The summed E-state index contributed by atoms with van der Waals surface area (Å²) >= 11 is 8.93. The van der Waals surface area contributed by atoms with Crippen molar-refractivity contribution >= 4 is 61.4 Å². The number of aromatic nitrogens is 1. The summed E-state index contributed by atoms with van der Waals surface area (Å²) in [6, 6.07) is 14.7. The van der Waals surface area contributed by atoms with Crippen molar-refractivity contribution in [3.05, 3.63) is 58.9 Å². The maximum Gasteiger partial charge on any atom is 0.231 e. The summed E-state index contributed by atoms with van der Waals surface area (Å²) in [5.41, 5.74) is 2.15. The molecule has 0 saturated carbocycles. The Morgan fingerprint density at radius 3 is 2.48 bits per heavy atom. The monoisotopic (exact) mass is 495 g/mol. The lowest BCUT2D eigenvalue weighted by atomic mass is 10.1. The maximum absolute atomic E-state index is 12.2. The number of hydrogen-bond acceptors (Lipinski definition) is 6. The van der Waals surface area contributed by atoms with E-state index >= 15 is 0 Å². The molecular formula is C21H22ClN3O3S3. The molecule has 0 bridgehead atoms. The standard InChI is InChI=1S/C21H22ClN3O3S3/c1-25(31(2,27)28)17-9-5-15(6-10-17)19-14-30-21(23-19)24-20(26)4-3-13-29-18-11-7-16(22)8-12-18/h5-12,14H,3-4,13H2,1-2H3,(H,23,24,26). The number of nitrogens with zero attached hydrogens (tertiary/aromatic N) is 2. The van der Waals surface area contributed by atoms with E-state index in [0.29, 0.717) is 22.3 Å². The molecular weight excluding hydrogens is 474 g/mol. The third-order valence-corrected chi connectivity index (χ3v) is 7.72. The minimum absolute atomic E-state index is 0.0669. The van der Waals surface area contributed by atoms with Crippen molar-refractivity contribution in [2.45, 2.75) is 17.7 Å². The van der Waals surface area contributed by atoms with Crippen molar-refractivity contribution in [1.82, 2.24) is 4.98 Å². The van der Waals surface area contributed by atoms with Crippen LogP contribution in [0.3, 0.4) is 0 Å². The number of rotatable bonds is 9. The molecule has 0 aliphatic rings. The Kier molecular flexibility index (Phi) is 7.99. The van der Waals surface area contributed by atoms with E-state index in [2.05, 4.69) is 10.3 Å². The molecule has 0 fully saturated rings. The molecule has 0 saturated heterocycles. The SMILES string of the molecule is CN(c1ccc(-c2csc(NC(=O)CCCSc3ccc(Cl)cc3)n2)cc1)S(C)(=O)=O. The largest absolute Gasteiger partial charge is 0.302 e. The molecule has 6 nitrogen and oxygen atoms in total. The second-order valence-corrected chi connectivity index (χ2v) is 11.2. The maximum atomic E-state index is 12.2. The van der Waals surface area contributed by atoms with Crippen LogP contribution in [-0.4, -0.2) is 38.4 Å². The van der Waals surface area contributed by atoms with Crippen molar-refractivity contribution in [3.8, 4) is 11.3 Å². The van der Waals surface area contributed by atoms with Gasteiger partial charge in [-0.15, -0.1) is 23.1 Å². The Hall–Kier alpha value is -2.07. The molecule has 10 heteroatoms. The highest BCUT2D eigenvalue weighted by molar-refractivity contribution is 7.99. The first-order chi connectivity index (χ1) is 14.7. The van der Waals surface area contributed by atoms with Crippen LogP contribution in [0.25, 0.3) is 11.3 Å². The molecule has 3 rings (SSSR count). The van der Waals surface area contributed by atoms with Gasteiger partial charge < -0.3 is 5.32 Å². The van der Waals surface area contributed by atoms with Gasteiger partial charge in [-0.1, -0.05) is 23.7 Å². The average Bonchev–Trinajstić information content (AvgIpc) is 3.20. The summed E-state index contributed by atoms with van der Waals surface area (Å²) in [5, 5.41) is 5.96. The zero-order valence-electron chi connectivity index (χ0n) is 17.0. The summed E-state index contributed by atoms with van der Waals surface area (Å²) in [6.45, 7) is 0. The minimum atomic E-state index is -3.30. The Labute approximate surface area is 195 Å². The molecule has 0 radical (unpaired) electrons. The van der Waals surface area contributed by atoms with E-state index in [9.17, 15) is 13.2 Å². The van der Waals surface area contributed by atoms with Gasteiger partial charge in [-0.05, 0) is 48.6 Å². The first-order valence-electron chi connectivity index (χ1n) is 9.40. The summed E-state index contributed by atoms with van der Waals surface area (Å²) in [5.74, 6) is 0.773. The molecule has 0 spiro atoms. The third kappa shape index (κ3) is 6.96. The molecule has 164 valence electrons. The average molecular weight is 496 g/mol. The lowest BCUT2D eigenvalue weighted by molar-refractivity contribution is -0.116. The van der Waals surface area contributed by atoms with E-state index in [1.807, 2.05) is 41.8 Å². The highest BCUT2D eigenvalue weighted by atomic mass is 35.5. The van der Waals surface area contributed by atoms with Crippen LogP contribution in [0, 0.1) is 0 Å². The van der Waals surface area contributed by atoms with Crippen LogP contribution < -0.4 is 9.62 Å². The first kappa shape index (κ1) is 23.6. The molecule has 3 aromatic rings. The van der Waals surface area contributed by atoms with E-state index < -0.39 is 10.0 Å². The van der Waals surface area contributed by atoms with Gasteiger partial charge in [0.1, 0.15) is 0 Å². The number of thioether (sulfide) groups is 1. The van der Waals surface area contributed by atoms with Crippen molar-refractivity contribution in [1.29, 1.82) is 0 Å². The van der Waals surface area contributed by atoms with Gasteiger partial charge in [0.25, 0.3) is 0 Å². The highest BCUT2D eigenvalue weighted by Crippen LogP contribution is 2.27. The quantitative estimate of drug-likeness (QED) is 0.319. The van der Waals surface area contributed by atoms with Crippen LogP contribution in [-0.2, 0) is 14.8 Å². The number of carbonyl (C=O) groups excluding carboxylic acids is 1. The Morgan fingerprint density at radius 2 is 1.84 bits per heavy atom. The fraction of sp³-hybridized carbons (Fsp3) is 0.238. The summed E-state index contributed by atoms with van der Waals surface area (Å²) in [4.78, 5) is 17.8. The predicted octanol–water partition coefficient (Wildman–Crippen LogP) is 5.37. The van der Waals surface area contributed by atoms with Crippen molar-refractivity contribution < 1.29 is 13.2 Å². The molecule has 31 heavy (non-hydrogen) atoms. The highest BCUT2D eigenvalue weighted by Gasteiger charge is 2.13. The van der Waals surface area contributed by atoms with Crippen LogP contribution in [0.5, 0.6) is 0 Å². The van der Waals surface area contributed by atoms with Crippen molar-refractivity contribution in [3.63, 3.8) is 0 Å². The van der Waals surface area contributed by atoms with E-state index in [4.69, 9.17) is 11.6 Å². The van der Waals surface area contributed by atoms with Gasteiger partial charge in [-0.2, -0.15) is 0 Å². The lowest BCUT2D eigenvalue weighted by Crippen LogP contribution is -2.24. The fourth-order valence-electron chi connectivity index (χ4n) is 2.63. The second kappa shape index (κ2) is 10.5. The van der Waals surface area contributed by atoms with Crippen LogP contribution in [0.2, 0.25) is 5.02 Å². The molecule has 0 unspecified atom stereocenters. The summed E-state index contributed by atoms with van der Waals surface area (Å²) in [6.07, 6.45) is 2.33. The van der Waals surface area contributed by atoms with Gasteiger partial charge in [0.2, 0.25) is 15.9 Å². The summed E-state index contributed by atoms with van der Waals surface area (Å²) in [7, 11) is -1.80. The lowest BCUT2D eigenvalue weighted by Gasteiger charge is -2.16. The van der Waals surface area contributed by atoms with Crippen molar-refractivity contribution in [2.75, 3.05) is 28.7 Å². The molecule has 0 aliphatic carbocycles. The molecule has 1 heterocycles. The van der Waals surface area contributed by atoms with Crippen LogP contribution in [0.15, 0.2) is 58.8 Å². The number of halogens is 1. The number of hydrogen-bond donors (Lipinski definition) is 1. The topological polar surface area (TPSA) is 79.4 Å². The normalized spacial score (nSPS) is 11.3. The number of nitrogens with one attached hydrogen (secondary N) is 1. The second-order valence-electron chi connectivity index (χ2n) is 6.77. The predicted molar refractivity (Wildman–Crippen MR) is 131 cm³/mol. The minimum Gasteiger partial charge on any atom is -0.302 e. The fourth-order valence-corrected chi connectivity index (χ4v) is 4.85. The number of thiazole rings is 1. The van der Waals surface area contributed by atoms with E-state index in [1.165, 1.54) is 22.7 Å². The number of anilines is 2. The summed E-state index contributed by atoms with van der Waals surface area (Å²) < 4.78 is 24.5. The molecule has 0 aliphatic heterocycles. The zero-order chi connectivity index (χ0) is 22.4. The molecule has 1 aromatic heterocycles. The van der Waals surface area contributed by atoms with E-state index in [1.54, 1.807) is 23.9 Å². The Balaban J connectivity index is 1.49. The number of sulfonamides is 1. The van der Waals surface area contributed by atoms with Gasteiger partial charge in [0.15, 0.2) is 5.13 Å². The number of benzene rings is 2. The van der Waals surface area contributed by atoms with Gasteiger partial charge in [0.05, 0.1) is 17.6 Å². The van der Waals surface area contributed by atoms with Gasteiger partial charge in [-0.3, -0.25) is 9.10 Å². The van der Waals surface area contributed by atoms with E-state index in [0.717, 1.165) is 34.6 Å². The molecule has 1 N–H and O–H groups in total. The van der Waals surface area contributed by atoms with Gasteiger partial charge in [-0.25, -0.2) is 13.4 Å². The molecule has 0 atom stereocenters. The van der Waals surface area contributed by atoms with Crippen molar-refractivity contribution in [2.24, 2.45) is 0 Å². The Bertz CT molecular complexity index is 1130. The van der Waals surface area contributed by atoms with Crippen LogP contribution >= 0.6 is 34.7 Å². The smallest absolute Gasteiger partial charge is 0.231 e.